The Balaban J connectivity index is 1.34. The number of fused-ring (bicyclic) bond motifs is 3. The predicted octanol–water partition coefficient (Wildman–Crippen LogP) is 4.13. The Kier molecular flexibility index (Phi) is 5.67. The van der Waals surface area contributed by atoms with Crippen LogP contribution in [-0.2, 0) is 11.2 Å². The average Bonchev–Trinajstić information content (AvgIpc) is 2.83. The summed E-state index contributed by atoms with van der Waals surface area (Å²) in [5.74, 6) is 0.0346. The van der Waals surface area contributed by atoms with Crippen molar-refractivity contribution in [3.63, 3.8) is 0 Å². The molecular formula is C24H27ClN4O3. The van der Waals surface area contributed by atoms with Crippen molar-refractivity contribution >= 4 is 34.6 Å². The summed E-state index contributed by atoms with van der Waals surface area (Å²) in [7, 11) is 0. The van der Waals surface area contributed by atoms with Gasteiger partial charge in [0.15, 0.2) is 0 Å². The third kappa shape index (κ3) is 3.90. The van der Waals surface area contributed by atoms with Crippen LogP contribution in [0, 0.1) is 16.0 Å². The van der Waals surface area contributed by atoms with E-state index in [1.807, 2.05) is 35.2 Å². The molecule has 5 rings (SSSR count). The highest BCUT2D eigenvalue weighted by atomic mass is 35.5. The van der Waals surface area contributed by atoms with E-state index in [0.29, 0.717) is 24.5 Å². The third-order valence-electron chi connectivity index (χ3n) is 7.12. The van der Waals surface area contributed by atoms with E-state index < -0.39 is 0 Å². The Morgan fingerprint density at radius 2 is 1.84 bits per heavy atom. The second kappa shape index (κ2) is 8.62. The number of carbonyl (C=O) groups is 1. The van der Waals surface area contributed by atoms with Crippen molar-refractivity contribution in [2.24, 2.45) is 5.92 Å². The number of hydrogen-bond acceptors (Lipinski definition) is 5. The first-order valence-electron chi connectivity index (χ1n) is 11.3. The fourth-order valence-corrected chi connectivity index (χ4v) is 5.71. The van der Waals surface area contributed by atoms with Crippen LogP contribution >= 0.6 is 11.6 Å². The van der Waals surface area contributed by atoms with Crippen molar-refractivity contribution < 1.29 is 9.72 Å². The monoisotopic (exact) mass is 454 g/mol. The van der Waals surface area contributed by atoms with Gasteiger partial charge in [-0.25, -0.2) is 0 Å². The lowest BCUT2D eigenvalue weighted by Crippen LogP contribution is -2.57. The highest BCUT2D eigenvalue weighted by Crippen LogP contribution is 2.40. The van der Waals surface area contributed by atoms with Gasteiger partial charge in [-0.05, 0) is 55.5 Å². The molecular weight excluding hydrogens is 428 g/mol. The second-order valence-corrected chi connectivity index (χ2v) is 9.37. The summed E-state index contributed by atoms with van der Waals surface area (Å²) in [6.07, 6.45) is 3.78. The summed E-state index contributed by atoms with van der Waals surface area (Å²) in [5, 5.41) is 12.0. The van der Waals surface area contributed by atoms with Crippen molar-refractivity contribution in [1.29, 1.82) is 0 Å². The van der Waals surface area contributed by atoms with Crippen molar-refractivity contribution in [3.8, 4) is 0 Å². The minimum atomic E-state index is -0.353. The smallest absolute Gasteiger partial charge is 0.269 e. The number of amides is 1. The third-order valence-corrected chi connectivity index (χ3v) is 7.35. The molecule has 0 unspecified atom stereocenters. The van der Waals surface area contributed by atoms with E-state index >= 15 is 0 Å². The first kappa shape index (κ1) is 21.1. The van der Waals surface area contributed by atoms with Crippen LogP contribution in [0.3, 0.4) is 0 Å². The molecule has 7 nitrogen and oxygen atoms in total. The number of piperidine rings is 1. The fourth-order valence-electron chi connectivity index (χ4n) is 5.52. The largest absolute Gasteiger partial charge is 0.368 e. The van der Waals surface area contributed by atoms with Gasteiger partial charge in [0.2, 0.25) is 5.91 Å². The van der Waals surface area contributed by atoms with Crippen LogP contribution in [0.15, 0.2) is 42.5 Å². The number of nitro groups is 1. The molecule has 0 radical (unpaired) electrons. The molecule has 0 spiro atoms. The molecule has 3 aliphatic heterocycles. The van der Waals surface area contributed by atoms with Crippen LogP contribution in [0.2, 0.25) is 5.02 Å². The molecule has 2 saturated heterocycles. The highest BCUT2D eigenvalue weighted by Gasteiger charge is 2.42. The molecule has 32 heavy (non-hydrogen) atoms. The summed E-state index contributed by atoms with van der Waals surface area (Å²) in [6, 6.07) is 13.1. The number of non-ortho nitro benzene ring substituents is 1. The van der Waals surface area contributed by atoms with Crippen LogP contribution in [0.25, 0.3) is 0 Å². The van der Waals surface area contributed by atoms with Gasteiger partial charge >= 0.3 is 0 Å². The Bertz CT molecular complexity index is 1040. The summed E-state index contributed by atoms with van der Waals surface area (Å²) in [4.78, 5) is 31.2. The van der Waals surface area contributed by atoms with Crippen LogP contribution in [0.4, 0.5) is 17.1 Å². The topological polar surface area (TPSA) is 69.9 Å². The lowest BCUT2D eigenvalue weighted by molar-refractivity contribution is -0.384. The van der Waals surface area contributed by atoms with Gasteiger partial charge in [0.25, 0.3) is 5.69 Å². The molecule has 168 valence electrons. The maximum absolute atomic E-state index is 13.7. The number of nitro benzene ring substituents is 1. The van der Waals surface area contributed by atoms with Crippen molar-refractivity contribution in [3.05, 3.63) is 63.2 Å². The van der Waals surface area contributed by atoms with Gasteiger partial charge in [0.05, 0.1) is 10.8 Å². The van der Waals surface area contributed by atoms with Crippen molar-refractivity contribution in [1.82, 2.24) is 4.90 Å². The Labute approximate surface area is 192 Å². The summed E-state index contributed by atoms with van der Waals surface area (Å²) in [5.41, 5.74) is 3.17. The SMILES string of the molecule is O=C([C@@H]1Cc2cc([N+](=O)[O-])ccc2N2CCCC[C@H]12)N1CCN(c2cccc(Cl)c2)CC1. The number of benzene rings is 2. The Hall–Kier alpha value is -2.80. The molecule has 0 N–H and O–H groups in total. The first-order valence-corrected chi connectivity index (χ1v) is 11.7. The summed E-state index contributed by atoms with van der Waals surface area (Å²) >= 11 is 6.14. The fraction of sp³-hybridized carbons (Fsp3) is 0.458. The number of rotatable bonds is 3. The van der Waals surface area contributed by atoms with Gasteiger partial charge in [0.1, 0.15) is 0 Å². The van der Waals surface area contributed by atoms with Gasteiger partial charge in [-0.15, -0.1) is 0 Å². The number of piperazine rings is 1. The van der Waals surface area contributed by atoms with E-state index in [9.17, 15) is 14.9 Å². The van der Waals surface area contributed by atoms with Gasteiger partial charge in [0, 0.05) is 67.3 Å². The van der Waals surface area contributed by atoms with E-state index in [4.69, 9.17) is 11.6 Å². The average molecular weight is 455 g/mol. The highest BCUT2D eigenvalue weighted by molar-refractivity contribution is 6.30. The zero-order valence-corrected chi connectivity index (χ0v) is 18.7. The maximum Gasteiger partial charge on any atom is 0.269 e. The number of halogens is 1. The van der Waals surface area contributed by atoms with Crippen LogP contribution in [0.5, 0.6) is 0 Å². The van der Waals surface area contributed by atoms with Crippen molar-refractivity contribution in [2.45, 2.75) is 31.7 Å². The molecule has 2 fully saturated rings. The first-order chi connectivity index (χ1) is 15.5. The van der Waals surface area contributed by atoms with Gasteiger partial charge in [-0.1, -0.05) is 17.7 Å². The minimum Gasteiger partial charge on any atom is -0.368 e. The number of hydrogen-bond donors (Lipinski definition) is 0. The molecule has 3 heterocycles. The second-order valence-electron chi connectivity index (χ2n) is 8.93. The number of nitrogens with zero attached hydrogens (tertiary/aromatic N) is 4. The number of anilines is 2. The quantitative estimate of drug-likeness (QED) is 0.515. The maximum atomic E-state index is 13.7. The van der Waals surface area contributed by atoms with Gasteiger partial charge in [-0.2, -0.15) is 0 Å². The predicted molar refractivity (Wildman–Crippen MR) is 126 cm³/mol. The molecule has 1 amide bonds. The standard InChI is InChI=1S/C24H27ClN4O3/c25-18-4-3-5-19(16-18)26-10-12-27(13-11-26)24(30)21-15-17-14-20(29(31)32)7-8-22(17)28-9-2-1-6-23(21)28/h3-5,7-8,14,16,21,23H,1-2,6,9-13,15H2/t21-,23-/m1/s1. The Morgan fingerprint density at radius 3 is 2.59 bits per heavy atom. The van der Waals surface area contributed by atoms with Crippen LogP contribution in [0.1, 0.15) is 24.8 Å². The van der Waals surface area contributed by atoms with E-state index in [1.165, 1.54) is 0 Å². The van der Waals surface area contributed by atoms with Gasteiger partial charge < -0.3 is 14.7 Å². The molecule has 8 heteroatoms. The summed E-state index contributed by atoms with van der Waals surface area (Å²) < 4.78 is 0. The van der Waals surface area contributed by atoms with Crippen molar-refractivity contribution in [2.75, 3.05) is 42.5 Å². The normalized spacial score (nSPS) is 22.8. The molecule has 2 aromatic carbocycles. The van der Waals surface area contributed by atoms with E-state index in [2.05, 4.69) is 9.80 Å². The molecule has 0 bridgehead atoms. The van der Waals surface area contributed by atoms with E-state index in [-0.39, 0.29) is 28.5 Å². The molecule has 0 aromatic heterocycles. The Morgan fingerprint density at radius 1 is 1.03 bits per heavy atom. The van der Waals surface area contributed by atoms with E-state index in [0.717, 1.165) is 55.8 Å². The molecule has 2 aromatic rings. The molecule has 3 aliphatic rings. The van der Waals surface area contributed by atoms with E-state index in [1.54, 1.807) is 12.1 Å². The van der Waals surface area contributed by atoms with Crippen LogP contribution < -0.4 is 9.80 Å². The molecule has 0 aliphatic carbocycles. The molecule has 2 atom stereocenters. The summed E-state index contributed by atoms with van der Waals surface area (Å²) in [6.45, 7) is 3.80. The minimum absolute atomic E-state index is 0.0977. The van der Waals surface area contributed by atoms with Crippen LogP contribution in [-0.4, -0.2) is 54.5 Å². The van der Waals surface area contributed by atoms with Gasteiger partial charge in [-0.3, -0.25) is 14.9 Å². The zero-order chi connectivity index (χ0) is 22.2. The zero-order valence-electron chi connectivity index (χ0n) is 18.0. The lowest BCUT2D eigenvalue weighted by atomic mass is 9.80. The molecule has 0 saturated carbocycles. The number of carbonyl (C=O) groups excluding carboxylic acids is 1. The lowest BCUT2D eigenvalue weighted by Gasteiger charge is -2.47.